The van der Waals surface area contributed by atoms with E-state index in [1.54, 1.807) is 14.2 Å². The maximum absolute atomic E-state index is 11.3. The van der Waals surface area contributed by atoms with Gasteiger partial charge in [-0.15, -0.1) is 0 Å². The number of ether oxygens (including phenoxy) is 2. The van der Waals surface area contributed by atoms with Crippen molar-refractivity contribution in [1.29, 1.82) is 0 Å². The highest BCUT2D eigenvalue weighted by molar-refractivity contribution is 6.13. The van der Waals surface area contributed by atoms with Gasteiger partial charge >= 0.3 is 0 Å². The zero-order valence-electron chi connectivity index (χ0n) is 11.6. The van der Waals surface area contributed by atoms with E-state index in [0.717, 1.165) is 39.4 Å². The van der Waals surface area contributed by atoms with Crippen molar-refractivity contribution in [1.82, 2.24) is 4.98 Å². The predicted molar refractivity (Wildman–Crippen MR) is 79.0 cm³/mol. The summed E-state index contributed by atoms with van der Waals surface area (Å²) in [5, 5.41) is 2.08. The molecule has 0 aliphatic rings. The molecule has 0 fully saturated rings. The van der Waals surface area contributed by atoms with E-state index in [-0.39, 0.29) is 0 Å². The number of methoxy groups -OCH3 is 2. The summed E-state index contributed by atoms with van der Waals surface area (Å²) >= 11 is 0. The average molecular weight is 269 g/mol. The summed E-state index contributed by atoms with van der Waals surface area (Å²) < 4.78 is 10.6. The Bertz CT molecular complexity index is 818. The number of benzene rings is 2. The van der Waals surface area contributed by atoms with Crippen LogP contribution in [0.1, 0.15) is 15.9 Å². The number of fused-ring (bicyclic) bond motifs is 3. The average Bonchev–Trinajstić information content (AvgIpc) is 2.82. The molecule has 2 aromatic carbocycles. The Morgan fingerprint density at radius 2 is 1.80 bits per heavy atom. The van der Waals surface area contributed by atoms with Gasteiger partial charge in [-0.25, -0.2) is 0 Å². The second kappa shape index (κ2) is 4.56. The number of aromatic amines is 1. The van der Waals surface area contributed by atoms with Crippen molar-refractivity contribution >= 4 is 28.1 Å². The molecule has 1 N–H and O–H groups in total. The van der Waals surface area contributed by atoms with E-state index in [2.05, 4.69) is 11.1 Å². The van der Waals surface area contributed by atoms with Crippen LogP contribution in [0.5, 0.6) is 11.5 Å². The number of carbonyl (C=O) groups is 1. The fraction of sp³-hybridized carbons (Fsp3) is 0.188. The van der Waals surface area contributed by atoms with Gasteiger partial charge < -0.3 is 14.5 Å². The van der Waals surface area contributed by atoms with Crippen LogP contribution in [0.4, 0.5) is 0 Å². The minimum absolute atomic E-state index is 0.540. The lowest BCUT2D eigenvalue weighted by atomic mass is 10.1. The molecule has 4 nitrogen and oxygen atoms in total. The molecule has 0 saturated heterocycles. The number of hydrogen-bond acceptors (Lipinski definition) is 3. The zero-order chi connectivity index (χ0) is 14.3. The van der Waals surface area contributed by atoms with Gasteiger partial charge in [0.05, 0.1) is 30.8 Å². The molecule has 0 aliphatic carbocycles. The van der Waals surface area contributed by atoms with Gasteiger partial charge in [-0.1, -0.05) is 0 Å². The van der Waals surface area contributed by atoms with Crippen LogP contribution in [0.2, 0.25) is 0 Å². The van der Waals surface area contributed by atoms with E-state index in [1.807, 2.05) is 25.1 Å². The van der Waals surface area contributed by atoms with Gasteiger partial charge in [0, 0.05) is 16.8 Å². The first-order valence-electron chi connectivity index (χ1n) is 6.31. The van der Waals surface area contributed by atoms with Gasteiger partial charge in [0.25, 0.3) is 0 Å². The van der Waals surface area contributed by atoms with Crippen molar-refractivity contribution in [2.45, 2.75) is 6.92 Å². The molecule has 0 spiro atoms. The van der Waals surface area contributed by atoms with Crippen LogP contribution in [0.25, 0.3) is 21.8 Å². The quantitative estimate of drug-likeness (QED) is 0.741. The minimum atomic E-state index is 0.540. The first-order valence-corrected chi connectivity index (χ1v) is 6.31. The lowest BCUT2D eigenvalue weighted by Crippen LogP contribution is -1.91. The molecule has 0 radical (unpaired) electrons. The van der Waals surface area contributed by atoms with Gasteiger partial charge in [-0.3, -0.25) is 4.79 Å². The standard InChI is InChI=1S/C16H15NO3/c1-9-6-11-10-4-5-14(19-2)12(8-18)16(10)17-13(11)7-15(9)20-3/h4-8,17H,1-3H3. The fourth-order valence-corrected chi connectivity index (χ4v) is 2.62. The van der Waals surface area contributed by atoms with Crippen molar-refractivity contribution in [3.63, 3.8) is 0 Å². The second-order valence-electron chi connectivity index (χ2n) is 4.71. The number of nitrogens with one attached hydrogen (secondary N) is 1. The van der Waals surface area contributed by atoms with Crippen molar-refractivity contribution in [3.8, 4) is 11.5 Å². The number of H-pyrrole nitrogens is 1. The third kappa shape index (κ3) is 1.65. The van der Waals surface area contributed by atoms with Gasteiger partial charge in [0.1, 0.15) is 11.5 Å². The number of hydrogen-bond donors (Lipinski definition) is 1. The Morgan fingerprint density at radius 1 is 1.05 bits per heavy atom. The number of rotatable bonds is 3. The summed E-state index contributed by atoms with van der Waals surface area (Å²) in [5.74, 6) is 1.39. The lowest BCUT2D eigenvalue weighted by Gasteiger charge is -2.04. The molecule has 3 rings (SSSR count). The first kappa shape index (κ1) is 12.5. The Kier molecular flexibility index (Phi) is 2.86. The van der Waals surface area contributed by atoms with Crippen LogP contribution in [0.3, 0.4) is 0 Å². The lowest BCUT2D eigenvalue weighted by molar-refractivity contribution is 0.112. The molecule has 0 saturated carbocycles. The van der Waals surface area contributed by atoms with Crippen LogP contribution in [-0.2, 0) is 0 Å². The first-order chi connectivity index (χ1) is 9.69. The zero-order valence-corrected chi connectivity index (χ0v) is 11.6. The molecular formula is C16H15NO3. The number of aromatic nitrogens is 1. The van der Waals surface area contributed by atoms with E-state index in [0.29, 0.717) is 11.3 Å². The molecule has 0 amide bonds. The van der Waals surface area contributed by atoms with Gasteiger partial charge in [0.15, 0.2) is 6.29 Å². The molecule has 3 aromatic rings. The number of aryl methyl sites for hydroxylation is 1. The highest BCUT2D eigenvalue weighted by Crippen LogP contribution is 2.34. The van der Waals surface area contributed by atoms with Crippen molar-refractivity contribution in [2.75, 3.05) is 14.2 Å². The summed E-state index contributed by atoms with van der Waals surface area (Å²) in [6, 6.07) is 7.80. The second-order valence-corrected chi connectivity index (χ2v) is 4.71. The number of aldehydes is 1. The molecule has 0 aliphatic heterocycles. The maximum Gasteiger partial charge on any atom is 0.155 e. The molecule has 20 heavy (non-hydrogen) atoms. The van der Waals surface area contributed by atoms with Crippen LogP contribution < -0.4 is 9.47 Å². The highest BCUT2D eigenvalue weighted by atomic mass is 16.5. The molecule has 4 heteroatoms. The van der Waals surface area contributed by atoms with E-state index in [9.17, 15) is 4.79 Å². The van der Waals surface area contributed by atoms with Gasteiger partial charge in [-0.05, 0) is 30.7 Å². The molecule has 1 aromatic heterocycles. The normalized spacial score (nSPS) is 10.9. The molecule has 0 bridgehead atoms. The smallest absolute Gasteiger partial charge is 0.155 e. The Labute approximate surface area is 116 Å². The molecule has 1 heterocycles. The third-order valence-corrected chi connectivity index (χ3v) is 3.63. The van der Waals surface area contributed by atoms with Crippen LogP contribution >= 0.6 is 0 Å². The Balaban J connectivity index is 2.44. The van der Waals surface area contributed by atoms with E-state index in [1.165, 1.54) is 0 Å². The maximum atomic E-state index is 11.3. The van der Waals surface area contributed by atoms with E-state index < -0.39 is 0 Å². The SMILES string of the molecule is COc1cc2[nH]c3c(C=O)c(OC)ccc3c2cc1C. The predicted octanol–water partition coefficient (Wildman–Crippen LogP) is 3.46. The summed E-state index contributed by atoms with van der Waals surface area (Å²) in [4.78, 5) is 14.6. The van der Waals surface area contributed by atoms with Crippen LogP contribution in [0, 0.1) is 6.92 Å². The van der Waals surface area contributed by atoms with Gasteiger partial charge in [0.2, 0.25) is 0 Å². The van der Waals surface area contributed by atoms with Crippen LogP contribution in [-0.4, -0.2) is 25.5 Å². The van der Waals surface area contributed by atoms with Gasteiger partial charge in [-0.2, -0.15) is 0 Å². The van der Waals surface area contributed by atoms with Crippen molar-refractivity contribution in [2.24, 2.45) is 0 Å². The van der Waals surface area contributed by atoms with Crippen molar-refractivity contribution in [3.05, 3.63) is 35.4 Å². The summed E-state index contributed by atoms with van der Waals surface area (Å²) in [7, 11) is 3.21. The molecule has 102 valence electrons. The van der Waals surface area contributed by atoms with E-state index >= 15 is 0 Å². The Hall–Kier alpha value is -2.49. The summed E-state index contributed by atoms with van der Waals surface area (Å²) in [6.45, 7) is 2.00. The van der Waals surface area contributed by atoms with Crippen molar-refractivity contribution < 1.29 is 14.3 Å². The fourth-order valence-electron chi connectivity index (χ4n) is 2.62. The molecule has 0 unspecified atom stereocenters. The number of carbonyl (C=O) groups excluding carboxylic acids is 1. The topological polar surface area (TPSA) is 51.3 Å². The molecular weight excluding hydrogens is 254 g/mol. The van der Waals surface area contributed by atoms with E-state index in [4.69, 9.17) is 9.47 Å². The summed E-state index contributed by atoms with van der Waals surface area (Å²) in [5.41, 5.74) is 3.34. The third-order valence-electron chi connectivity index (χ3n) is 3.63. The monoisotopic (exact) mass is 269 g/mol. The minimum Gasteiger partial charge on any atom is -0.496 e. The largest absolute Gasteiger partial charge is 0.496 e. The Morgan fingerprint density at radius 3 is 2.45 bits per heavy atom. The molecule has 0 atom stereocenters. The summed E-state index contributed by atoms with van der Waals surface area (Å²) in [6.07, 6.45) is 0.820. The highest BCUT2D eigenvalue weighted by Gasteiger charge is 2.13. The van der Waals surface area contributed by atoms with Crippen LogP contribution in [0.15, 0.2) is 24.3 Å².